The summed E-state index contributed by atoms with van der Waals surface area (Å²) in [7, 11) is 0. The van der Waals surface area contributed by atoms with Gasteiger partial charge in [0.1, 0.15) is 5.82 Å². The van der Waals surface area contributed by atoms with E-state index in [-0.39, 0.29) is 0 Å². The number of anilines is 1. The molecule has 2 aromatic heterocycles. The second kappa shape index (κ2) is 7.49. The second-order valence-corrected chi connectivity index (χ2v) is 7.17. The van der Waals surface area contributed by atoms with E-state index in [4.69, 9.17) is 4.98 Å². The van der Waals surface area contributed by atoms with Crippen molar-refractivity contribution in [2.75, 3.05) is 11.9 Å². The van der Waals surface area contributed by atoms with Crippen molar-refractivity contribution in [3.8, 4) is 11.4 Å². The van der Waals surface area contributed by atoms with Crippen molar-refractivity contribution in [2.24, 2.45) is 5.92 Å². The summed E-state index contributed by atoms with van der Waals surface area (Å²) in [6.45, 7) is 7.31. The zero-order valence-corrected chi connectivity index (χ0v) is 16.1. The van der Waals surface area contributed by atoms with Gasteiger partial charge < -0.3 is 5.32 Å². The van der Waals surface area contributed by atoms with Gasteiger partial charge in [-0.1, -0.05) is 13.8 Å². The van der Waals surface area contributed by atoms with Crippen molar-refractivity contribution < 1.29 is 0 Å². The molecule has 6 heteroatoms. The molecule has 0 fully saturated rings. The van der Waals surface area contributed by atoms with Crippen molar-refractivity contribution in [1.29, 1.82) is 0 Å². The van der Waals surface area contributed by atoms with Gasteiger partial charge in [-0.3, -0.25) is 4.98 Å². The predicted octanol–water partition coefficient (Wildman–Crippen LogP) is 4.54. The van der Waals surface area contributed by atoms with Crippen LogP contribution < -0.4 is 5.32 Å². The lowest BCUT2D eigenvalue weighted by Crippen LogP contribution is -2.09. The lowest BCUT2D eigenvalue weighted by molar-refractivity contribution is 0.632. The number of nitrogens with zero attached hydrogens (tertiary/aromatic N) is 3. The van der Waals surface area contributed by atoms with E-state index in [2.05, 4.69) is 74.6 Å². The van der Waals surface area contributed by atoms with Gasteiger partial charge in [-0.15, -0.1) is 0 Å². The van der Waals surface area contributed by atoms with E-state index in [1.165, 1.54) is 0 Å². The van der Waals surface area contributed by atoms with Gasteiger partial charge in [0.25, 0.3) is 0 Å². The number of aromatic nitrogens is 3. The summed E-state index contributed by atoms with van der Waals surface area (Å²) in [6, 6.07) is 1.99. The van der Waals surface area contributed by atoms with Gasteiger partial charge in [0.05, 0.1) is 9.26 Å². The lowest BCUT2D eigenvalue weighted by atomic mass is 10.1. The van der Waals surface area contributed by atoms with Crippen LogP contribution in [0.5, 0.6) is 0 Å². The van der Waals surface area contributed by atoms with Crippen LogP contribution in [0.1, 0.15) is 26.5 Å². The molecule has 0 unspecified atom stereocenters. The van der Waals surface area contributed by atoms with E-state index >= 15 is 0 Å². The van der Waals surface area contributed by atoms with Crippen LogP contribution in [0.4, 0.5) is 5.82 Å². The first-order chi connectivity index (χ1) is 10.0. The van der Waals surface area contributed by atoms with E-state index in [0.717, 1.165) is 43.9 Å². The molecule has 4 nitrogen and oxygen atoms in total. The molecule has 2 rings (SSSR count). The van der Waals surface area contributed by atoms with Gasteiger partial charge >= 0.3 is 0 Å². The number of nitrogens with one attached hydrogen (secondary N) is 1. The molecule has 0 aliphatic rings. The molecule has 0 amide bonds. The Morgan fingerprint density at radius 2 is 2.05 bits per heavy atom. The van der Waals surface area contributed by atoms with Gasteiger partial charge in [-0.25, -0.2) is 9.97 Å². The monoisotopic (exact) mass is 460 g/mol. The van der Waals surface area contributed by atoms with Crippen LogP contribution in [0.3, 0.4) is 0 Å². The first-order valence-electron chi connectivity index (χ1n) is 6.92. The van der Waals surface area contributed by atoms with Crippen molar-refractivity contribution in [3.63, 3.8) is 0 Å². The molecule has 0 saturated heterocycles. The molecule has 2 aromatic rings. The lowest BCUT2D eigenvalue weighted by Gasteiger charge is -2.13. The molecule has 0 spiro atoms. The first kappa shape index (κ1) is 16.6. The average Bonchev–Trinajstić information content (AvgIpc) is 2.42. The van der Waals surface area contributed by atoms with E-state index in [9.17, 15) is 0 Å². The fourth-order valence-electron chi connectivity index (χ4n) is 1.96. The molecular formula is C15H18BrIN4. The highest BCUT2D eigenvalue weighted by Gasteiger charge is 2.14. The van der Waals surface area contributed by atoms with Crippen LogP contribution in [-0.4, -0.2) is 21.5 Å². The summed E-state index contributed by atoms with van der Waals surface area (Å²) >= 11 is 5.77. The Morgan fingerprint density at radius 3 is 2.67 bits per heavy atom. The van der Waals surface area contributed by atoms with Gasteiger partial charge in [-0.05, 0) is 63.8 Å². The smallest absolute Gasteiger partial charge is 0.163 e. The zero-order chi connectivity index (χ0) is 15.4. The standard InChI is InChI=1S/C15H18BrIN4/c1-4-19-15-13(17)12(5-9(2)3)20-14(21-15)10-6-11(16)8-18-7-10/h6-9H,4-5H2,1-3H3,(H,19,20,21). The van der Waals surface area contributed by atoms with Crippen molar-refractivity contribution >= 4 is 44.3 Å². The molecule has 0 bridgehead atoms. The molecular weight excluding hydrogens is 443 g/mol. The van der Waals surface area contributed by atoms with E-state index in [0.29, 0.717) is 5.92 Å². The minimum absolute atomic E-state index is 0.552. The Bertz CT molecular complexity index is 631. The second-order valence-electron chi connectivity index (χ2n) is 5.18. The van der Waals surface area contributed by atoms with Gasteiger partial charge in [0.15, 0.2) is 5.82 Å². The minimum Gasteiger partial charge on any atom is -0.369 e. The highest BCUT2D eigenvalue weighted by molar-refractivity contribution is 14.1. The number of pyridine rings is 1. The highest BCUT2D eigenvalue weighted by Crippen LogP contribution is 2.26. The fraction of sp³-hybridized carbons (Fsp3) is 0.400. The predicted molar refractivity (Wildman–Crippen MR) is 98.4 cm³/mol. The van der Waals surface area contributed by atoms with E-state index in [1.54, 1.807) is 12.4 Å². The van der Waals surface area contributed by atoms with Crippen LogP contribution in [0.2, 0.25) is 0 Å². The molecule has 0 atom stereocenters. The van der Waals surface area contributed by atoms with Crippen LogP contribution in [-0.2, 0) is 6.42 Å². The average molecular weight is 461 g/mol. The molecule has 0 aromatic carbocycles. The summed E-state index contributed by atoms with van der Waals surface area (Å²) in [5.41, 5.74) is 2.01. The Morgan fingerprint density at radius 1 is 1.29 bits per heavy atom. The summed E-state index contributed by atoms with van der Waals surface area (Å²) in [6.07, 6.45) is 4.49. The zero-order valence-electron chi connectivity index (χ0n) is 12.3. The maximum atomic E-state index is 4.75. The molecule has 2 heterocycles. The van der Waals surface area contributed by atoms with Gasteiger partial charge in [0.2, 0.25) is 0 Å². The van der Waals surface area contributed by atoms with Crippen LogP contribution in [0, 0.1) is 9.49 Å². The Kier molecular flexibility index (Phi) is 5.92. The van der Waals surface area contributed by atoms with Crippen molar-refractivity contribution in [3.05, 3.63) is 32.2 Å². The maximum absolute atomic E-state index is 4.75. The van der Waals surface area contributed by atoms with Crippen LogP contribution >= 0.6 is 38.5 Å². The van der Waals surface area contributed by atoms with Crippen molar-refractivity contribution in [1.82, 2.24) is 15.0 Å². The third-order valence-electron chi connectivity index (χ3n) is 2.83. The number of rotatable bonds is 5. The van der Waals surface area contributed by atoms with E-state index < -0.39 is 0 Å². The topological polar surface area (TPSA) is 50.7 Å². The summed E-state index contributed by atoms with van der Waals surface area (Å²) in [5, 5.41) is 3.32. The highest BCUT2D eigenvalue weighted by atomic mass is 127. The number of hydrogen-bond acceptors (Lipinski definition) is 4. The molecule has 1 N–H and O–H groups in total. The number of hydrogen-bond donors (Lipinski definition) is 1. The molecule has 0 saturated carbocycles. The molecule has 0 aliphatic carbocycles. The van der Waals surface area contributed by atoms with Crippen molar-refractivity contribution in [2.45, 2.75) is 27.2 Å². The number of halogens is 2. The maximum Gasteiger partial charge on any atom is 0.163 e. The fourth-order valence-corrected chi connectivity index (χ4v) is 2.98. The van der Waals surface area contributed by atoms with Crippen LogP contribution in [0.25, 0.3) is 11.4 Å². The third kappa shape index (κ3) is 4.35. The minimum atomic E-state index is 0.552. The summed E-state index contributed by atoms with van der Waals surface area (Å²) < 4.78 is 2.03. The molecule has 21 heavy (non-hydrogen) atoms. The first-order valence-corrected chi connectivity index (χ1v) is 8.79. The SMILES string of the molecule is CCNc1nc(-c2cncc(Br)c2)nc(CC(C)C)c1I. The molecule has 0 radical (unpaired) electrons. The Balaban J connectivity index is 2.52. The van der Waals surface area contributed by atoms with Gasteiger partial charge in [-0.2, -0.15) is 0 Å². The molecule has 0 aliphatic heterocycles. The summed E-state index contributed by atoms with van der Waals surface area (Å²) in [5.74, 6) is 2.17. The normalized spacial score (nSPS) is 11.0. The Hall–Kier alpha value is -0.760. The molecule has 112 valence electrons. The van der Waals surface area contributed by atoms with Gasteiger partial charge in [0, 0.05) is 29.0 Å². The third-order valence-corrected chi connectivity index (χ3v) is 4.40. The Labute approximate surface area is 147 Å². The summed E-state index contributed by atoms with van der Waals surface area (Å²) in [4.78, 5) is 13.6. The van der Waals surface area contributed by atoms with E-state index in [1.807, 2.05) is 6.07 Å². The quantitative estimate of drug-likeness (QED) is 0.665. The van der Waals surface area contributed by atoms with Crippen LogP contribution in [0.15, 0.2) is 22.9 Å². The largest absolute Gasteiger partial charge is 0.369 e.